The van der Waals surface area contributed by atoms with Gasteiger partial charge in [-0.15, -0.1) is 0 Å². The van der Waals surface area contributed by atoms with Gasteiger partial charge in [-0.3, -0.25) is 4.79 Å². The Kier molecular flexibility index (Phi) is 5.54. The lowest BCUT2D eigenvalue weighted by molar-refractivity contribution is -0.0436. The molecule has 2 atom stereocenters. The molecule has 154 valence electrons. The number of fused-ring (bicyclic) bond motifs is 1. The summed E-state index contributed by atoms with van der Waals surface area (Å²) in [6, 6.07) is 1.73. The first-order valence-electron chi connectivity index (χ1n) is 10.6. The Balaban J connectivity index is 1.59. The average Bonchev–Trinajstić information content (AvgIpc) is 3.08. The highest BCUT2D eigenvalue weighted by atomic mass is 19.3. The van der Waals surface area contributed by atoms with Crippen molar-refractivity contribution in [3.05, 3.63) is 28.4 Å². The summed E-state index contributed by atoms with van der Waals surface area (Å²) < 4.78 is 34.9. The van der Waals surface area contributed by atoms with Crippen LogP contribution < -0.4 is 5.56 Å². The van der Waals surface area contributed by atoms with Crippen LogP contribution in [0.5, 0.6) is 0 Å². The Morgan fingerprint density at radius 1 is 1.32 bits per heavy atom. The molecular weight excluding hydrogens is 364 g/mol. The zero-order valence-electron chi connectivity index (χ0n) is 16.4. The highest BCUT2D eigenvalue weighted by molar-refractivity contribution is 5.75. The van der Waals surface area contributed by atoms with Crippen LogP contribution in [-0.2, 0) is 11.2 Å². The van der Waals surface area contributed by atoms with Crippen LogP contribution in [0.25, 0.3) is 11.0 Å². The molecule has 0 bridgehead atoms. The molecule has 0 spiro atoms. The summed E-state index contributed by atoms with van der Waals surface area (Å²) in [5, 5.41) is 0.533. The Morgan fingerprint density at radius 3 is 2.86 bits per heavy atom. The van der Waals surface area contributed by atoms with Crippen molar-refractivity contribution in [3.8, 4) is 0 Å². The van der Waals surface area contributed by atoms with Crippen molar-refractivity contribution in [2.24, 2.45) is 5.92 Å². The molecule has 2 fully saturated rings. The molecular formula is C21H29F2N3O2. The Hall–Kier alpha value is -1.76. The molecule has 1 N–H and O–H groups in total. The second-order valence-electron chi connectivity index (χ2n) is 8.36. The minimum Gasteiger partial charge on any atom is -0.378 e. The van der Waals surface area contributed by atoms with Crippen molar-refractivity contribution < 1.29 is 13.5 Å². The fraction of sp³-hybridized carbons (Fsp3) is 0.714. The quantitative estimate of drug-likeness (QED) is 0.807. The minimum atomic E-state index is -2.56. The van der Waals surface area contributed by atoms with Crippen LogP contribution >= 0.6 is 0 Å². The van der Waals surface area contributed by atoms with E-state index in [1.165, 1.54) is 0 Å². The smallest absolute Gasteiger partial charge is 0.260 e. The van der Waals surface area contributed by atoms with Crippen LogP contribution in [0.2, 0.25) is 0 Å². The number of nitrogens with one attached hydrogen (secondary N) is 1. The molecule has 0 amide bonds. The maximum atomic E-state index is 13.5. The molecule has 0 radical (unpaired) electrons. The minimum absolute atomic E-state index is 0.0230. The number of hydrogen-bond acceptors (Lipinski definition) is 3. The molecule has 7 heteroatoms. The fourth-order valence-corrected chi connectivity index (χ4v) is 4.77. The summed E-state index contributed by atoms with van der Waals surface area (Å²) in [6.45, 7) is 2.96. The Morgan fingerprint density at radius 2 is 2.11 bits per heavy atom. The maximum Gasteiger partial charge on any atom is 0.260 e. The van der Waals surface area contributed by atoms with Gasteiger partial charge in [-0.2, -0.15) is 0 Å². The molecule has 2 unspecified atom stereocenters. The molecule has 1 aliphatic heterocycles. The van der Waals surface area contributed by atoms with Gasteiger partial charge in [0.05, 0.1) is 11.5 Å². The van der Waals surface area contributed by atoms with Crippen molar-refractivity contribution in [3.63, 3.8) is 0 Å². The molecule has 4 rings (SSSR count). The van der Waals surface area contributed by atoms with Crippen LogP contribution in [0.4, 0.5) is 8.78 Å². The van der Waals surface area contributed by atoms with E-state index >= 15 is 0 Å². The zero-order chi connectivity index (χ0) is 19.7. The SMILES string of the molecule is CCCC1OCCCC1Cc1nc2c(ccn2C2CCC(F)(F)CC2)c(=O)[nH]1. The fourth-order valence-electron chi connectivity index (χ4n) is 4.77. The van der Waals surface area contributed by atoms with E-state index in [9.17, 15) is 13.6 Å². The third-order valence-corrected chi connectivity index (χ3v) is 6.32. The second-order valence-corrected chi connectivity index (χ2v) is 8.36. The number of nitrogens with zero attached hydrogens (tertiary/aromatic N) is 2. The summed E-state index contributed by atoms with van der Waals surface area (Å²) in [4.78, 5) is 20.3. The largest absolute Gasteiger partial charge is 0.378 e. The predicted molar refractivity (Wildman–Crippen MR) is 104 cm³/mol. The maximum absolute atomic E-state index is 13.5. The first-order valence-corrected chi connectivity index (χ1v) is 10.6. The van der Waals surface area contributed by atoms with Crippen molar-refractivity contribution in [1.82, 2.24) is 14.5 Å². The molecule has 1 aliphatic carbocycles. The molecule has 5 nitrogen and oxygen atoms in total. The van der Waals surface area contributed by atoms with Crippen molar-refractivity contribution in [2.75, 3.05) is 6.61 Å². The van der Waals surface area contributed by atoms with Crippen molar-refractivity contribution >= 4 is 11.0 Å². The molecule has 28 heavy (non-hydrogen) atoms. The van der Waals surface area contributed by atoms with Gasteiger partial charge in [0.1, 0.15) is 11.5 Å². The van der Waals surface area contributed by atoms with E-state index < -0.39 is 5.92 Å². The van der Waals surface area contributed by atoms with Gasteiger partial charge in [0, 0.05) is 38.1 Å². The van der Waals surface area contributed by atoms with Crippen LogP contribution in [0, 0.1) is 5.92 Å². The number of aromatic amines is 1. The van der Waals surface area contributed by atoms with Gasteiger partial charge in [-0.1, -0.05) is 13.3 Å². The summed E-state index contributed by atoms with van der Waals surface area (Å²) in [7, 11) is 0. The summed E-state index contributed by atoms with van der Waals surface area (Å²) in [5.74, 6) is -1.54. The highest BCUT2D eigenvalue weighted by Crippen LogP contribution is 2.39. The van der Waals surface area contributed by atoms with Crippen LogP contribution in [-0.4, -0.2) is 33.2 Å². The molecule has 3 heterocycles. The number of halogens is 2. The van der Waals surface area contributed by atoms with E-state index in [-0.39, 0.29) is 30.5 Å². The summed E-state index contributed by atoms with van der Waals surface area (Å²) in [6.07, 6.45) is 7.53. The van der Waals surface area contributed by atoms with E-state index in [0.29, 0.717) is 42.0 Å². The number of ether oxygens (including phenoxy) is 1. The van der Waals surface area contributed by atoms with Gasteiger partial charge in [0.15, 0.2) is 0 Å². The molecule has 2 aliphatic rings. The lowest BCUT2D eigenvalue weighted by Gasteiger charge is -2.31. The van der Waals surface area contributed by atoms with Crippen molar-refractivity contribution in [2.45, 2.75) is 82.8 Å². The second kappa shape index (κ2) is 7.93. The molecule has 2 aromatic heterocycles. The van der Waals surface area contributed by atoms with E-state index in [1.807, 2.05) is 10.8 Å². The first-order chi connectivity index (χ1) is 13.5. The van der Waals surface area contributed by atoms with E-state index in [4.69, 9.17) is 9.72 Å². The topological polar surface area (TPSA) is 59.9 Å². The standard InChI is InChI=1S/C21H29F2N3O2/c1-2-4-17-14(5-3-12-28-17)13-18-24-19-16(20(27)25-18)8-11-26(19)15-6-9-21(22,23)10-7-15/h8,11,14-15,17H,2-7,9-10,12-13H2,1H3,(H,24,25,27). The van der Waals surface area contributed by atoms with Gasteiger partial charge >= 0.3 is 0 Å². The molecule has 1 saturated heterocycles. The number of aromatic nitrogens is 3. The monoisotopic (exact) mass is 393 g/mol. The van der Waals surface area contributed by atoms with E-state index in [0.717, 1.165) is 32.3 Å². The Labute approximate surface area is 163 Å². The van der Waals surface area contributed by atoms with Gasteiger partial charge in [0.25, 0.3) is 5.56 Å². The van der Waals surface area contributed by atoms with E-state index in [1.54, 1.807) is 6.07 Å². The Bertz CT molecular complexity index is 864. The van der Waals surface area contributed by atoms with Crippen LogP contribution in [0.1, 0.15) is 70.2 Å². The van der Waals surface area contributed by atoms with Crippen molar-refractivity contribution in [1.29, 1.82) is 0 Å². The van der Waals surface area contributed by atoms with Gasteiger partial charge in [-0.25, -0.2) is 13.8 Å². The zero-order valence-corrected chi connectivity index (χ0v) is 16.4. The van der Waals surface area contributed by atoms with Crippen LogP contribution in [0.15, 0.2) is 17.1 Å². The van der Waals surface area contributed by atoms with E-state index in [2.05, 4.69) is 11.9 Å². The predicted octanol–water partition coefficient (Wildman–Crippen LogP) is 4.61. The number of hydrogen-bond donors (Lipinski definition) is 1. The third-order valence-electron chi connectivity index (χ3n) is 6.32. The van der Waals surface area contributed by atoms with Gasteiger partial charge in [-0.05, 0) is 44.1 Å². The normalized spacial score (nSPS) is 26.0. The van der Waals surface area contributed by atoms with Gasteiger partial charge in [0.2, 0.25) is 5.92 Å². The average molecular weight is 393 g/mol. The van der Waals surface area contributed by atoms with Gasteiger partial charge < -0.3 is 14.3 Å². The molecule has 0 aromatic carbocycles. The number of alkyl halides is 2. The lowest BCUT2D eigenvalue weighted by atomic mass is 9.88. The lowest BCUT2D eigenvalue weighted by Crippen LogP contribution is -2.32. The third kappa shape index (κ3) is 4.00. The molecule has 1 saturated carbocycles. The number of rotatable bonds is 5. The summed E-state index contributed by atoms with van der Waals surface area (Å²) in [5.41, 5.74) is 0.474. The molecule has 2 aromatic rings. The highest BCUT2D eigenvalue weighted by Gasteiger charge is 2.36. The van der Waals surface area contributed by atoms with Crippen LogP contribution in [0.3, 0.4) is 0 Å². The first kappa shape index (κ1) is 19.6. The summed E-state index contributed by atoms with van der Waals surface area (Å²) >= 11 is 0. The number of H-pyrrole nitrogens is 1.